The molecule has 0 bridgehead atoms. The first kappa shape index (κ1) is 12.4. The molecule has 6 nitrogen and oxygen atoms in total. The van der Waals surface area contributed by atoms with Gasteiger partial charge in [-0.15, -0.1) is 0 Å². The van der Waals surface area contributed by atoms with Gasteiger partial charge in [0.25, 0.3) is 5.91 Å². The van der Waals surface area contributed by atoms with Crippen LogP contribution in [0.25, 0.3) is 6.08 Å². The molecule has 1 aliphatic rings. The zero-order valence-corrected chi connectivity index (χ0v) is 9.64. The van der Waals surface area contributed by atoms with Crippen LogP contribution < -0.4 is 15.6 Å². The standard InChI is InChI=1S/C12H14N2O4/c15-6-5-13-7-9-2-1-8-3-4-10(16)14-18-12(8)11(9)17/h1-4,13,15,17H,5-7H2,(H,14,16). The molecule has 6 heteroatoms. The van der Waals surface area contributed by atoms with Gasteiger partial charge in [-0.05, 0) is 6.08 Å². The van der Waals surface area contributed by atoms with E-state index in [4.69, 9.17) is 9.94 Å². The van der Waals surface area contributed by atoms with Gasteiger partial charge in [-0.1, -0.05) is 12.1 Å². The molecule has 0 aliphatic carbocycles. The number of benzene rings is 1. The lowest BCUT2D eigenvalue weighted by atomic mass is 10.1. The Hall–Kier alpha value is -2.05. The van der Waals surface area contributed by atoms with Gasteiger partial charge >= 0.3 is 0 Å². The van der Waals surface area contributed by atoms with Crippen LogP contribution in [0.2, 0.25) is 0 Å². The first-order chi connectivity index (χ1) is 8.72. The average Bonchev–Trinajstić information content (AvgIpc) is 2.55. The summed E-state index contributed by atoms with van der Waals surface area (Å²) in [6.45, 7) is 0.871. The first-order valence-electron chi connectivity index (χ1n) is 5.53. The molecule has 18 heavy (non-hydrogen) atoms. The zero-order chi connectivity index (χ0) is 13.0. The molecule has 2 rings (SSSR count). The number of hydrogen-bond acceptors (Lipinski definition) is 5. The predicted octanol–water partition coefficient (Wildman–Crippen LogP) is -0.0891. The second-order valence-electron chi connectivity index (χ2n) is 3.79. The Balaban J connectivity index is 2.23. The number of aliphatic hydroxyl groups excluding tert-OH is 1. The number of amides is 1. The molecule has 1 aliphatic heterocycles. The highest BCUT2D eigenvalue weighted by molar-refractivity contribution is 5.92. The lowest BCUT2D eigenvalue weighted by molar-refractivity contribution is -0.122. The van der Waals surface area contributed by atoms with E-state index in [0.717, 1.165) is 0 Å². The summed E-state index contributed by atoms with van der Waals surface area (Å²) in [4.78, 5) is 16.2. The third-order valence-corrected chi connectivity index (χ3v) is 2.52. The third-order valence-electron chi connectivity index (χ3n) is 2.52. The van der Waals surface area contributed by atoms with Crippen LogP contribution in [0, 0.1) is 0 Å². The minimum Gasteiger partial charge on any atom is -0.504 e. The van der Waals surface area contributed by atoms with E-state index in [1.165, 1.54) is 6.08 Å². The Morgan fingerprint density at radius 2 is 2.17 bits per heavy atom. The van der Waals surface area contributed by atoms with Crippen LogP contribution in [0.1, 0.15) is 11.1 Å². The van der Waals surface area contributed by atoms with E-state index in [9.17, 15) is 9.90 Å². The van der Waals surface area contributed by atoms with Crippen LogP contribution in [0.4, 0.5) is 0 Å². The normalized spacial score (nSPS) is 13.5. The predicted molar refractivity (Wildman–Crippen MR) is 64.7 cm³/mol. The number of carbonyl (C=O) groups excluding carboxylic acids is 1. The van der Waals surface area contributed by atoms with E-state index >= 15 is 0 Å². The summed E-state index contributed by atoms with van der Waals surface area (Å²) >= 11 is 0. The molecule has 0 spiro atoms. The van der Waals surface area contributed by atoms with Gasteiger partial charge < -0.3 is 20.4 Å². The van der Waals surface area contributed by atoms with E-state index in [-0.39, 0.29) is 24.0 Å². The first-order valence-corrected chi connectivity index (χ1v) is 5.53. The summed E-state index contributed by atoms with van der Waals surface area (Å²) in [7, 11) is 0. The molecule has 0 saturated heterocycles. The monoisotopic (exact) mass is 250 g/mol. The van der Waals surface area contributed by atoms with Gasteiger partial charge in [-0.3, -0.25) is 4.79 Å². The topological polar surface area (TPSA) is 90.8 Å². The summed E-state index contributed by atoms with van der Waals surface area (Å²) in [6, 6.07) is 3.49. The Bertz CT molecular complexity index is 485. The zero-order valence-electron chi connectivity index (χ0n) is 9.64. The highest BCUT2D eigenvalue weighted by Crippen LogP contribution is 2.35. The van der Waals surface area contributed by atoms with Crippen LogP contribution in [0.5, 0.6) is 11.5 Å². The quantitative estimate of drug-likeness (QED) is 0.561. The maximum atomic E-state index is 11.1. The molecule has 0 fully saturated rings. The van der Waals surface area contributed by atoms with Crippen molar-refractivity contribution in [2.45, 2.75) is 6.54 Å². The highest BCUT2D eigenvalue weighted by Gasteiger charge is 2.16. The van der Waals surface area contributed by atoms with Crippen molar-refractivity contribution in [3.8, 4) is 11.5 Å². The van der Waals surface area contributed by atoms with Gasteiger partial charge in [0, 0.05) is 30.3 Å². The van der Waals surface area contributed by atoms with Crippen molar-refractivity contribution < 1.29 is 19.8 Å². The summed E-state index contributed by atoms with van der Waals surface area (Å²) in [5, 5.41) is 21.7. The van der Waals surface area contributed by atoms with Crippen molar-refractivity contribution in [3.05, 3.63) is 29.3 Å². The number of hydroxylamine groups is 1. The Kier molecular flexibility index (Phi) is 3.81. The molecule has 96 valence electrons. The molecule has 1 aromatic rings. The molecule has 1 heterocycles. The van der Waals surface area contributed by atoms with Crippen molar-refractivity contribution in [3.63, 3.8) is 0 Å². The Morgan fingerprint density at radius 1 is 1.33 bits per heavy atom. The fraction of sp³-hybridized carbons (Fsp3) is 0.250. The SMILES string of the molecule is O=C1C=Cc2ccc(CNCCO)c(O)c2ON1. The van der Waals surface area contributed by atoms with E-state index < -0.39 is 0 Å². The minimum atomic E-state index is -0.384. The Labute approximate surface area is 104 Å². The van der Waals surface area contributed by atoms with Gasteiger partial charge in [0.2, 0.25) is 5.75 Å². The maximum Gasteiger partial charge on any atom is 0.276 e. The summed E-state index contributed by atoms with van der Waals surface area (Å²) in [5.74, 6) is -0.184. The summed E-state index contributed by atoms with van der Waals surface area (Å²) in [6.07, 6.45) is 2.90. The largest absolute Gasteiger partial charge is 0.504 e. The summed E-state index contributed by atoms with van der Waals surface area (Å²) in [5.41, 5.74) is 3.44. The van der Waals surface area contributed by atoms with Crippen molar-refractivity contribution in [1.82, 2.24) is 10.8 Å². The third kappa shape index (κ3) is 2.61. The second-order valence-corrected chi connectivity index (χ2v) is 3.79. The lowest BCUT2D eigenvalue weighted by Gasteiger charge is -2.12. The van der Waals surface area contributed by atoms with Crippen LogP contribution in [-0.4, -0.2) is 29.3 Å². The van der Waals surface area contributed by atoms with Crippen LogP contribution in [0.15, 0.2) is 18.2 Å². The number of nitrogens with one attached hydrogen (secondary N) is 2. The van der Waals surface area contributed by atoms with Crippen molar-refractivity contribution in [2.24, 2.45) is 0 Å². The molecule has 0 aromatic heterocycles. The number of phenols is 1. The van der Waals surface area contributed by atoms with Crippen LogP contribution in [-0.2, 0) is 11.3 Å². The van der Waals surface area contributed by atoms with E-state index in [1.807, 2.05) is 0 Å². The van der Waals surface area contributed by atoms with Crippen molar-refractivity contribution >= 4 is 12.0 Å². The molecular weight excluding hydrogens is 236 g/mol. The van der Waals surface area contributed by atoms with E-state index in [2.05, 4.69) is 10.8 Å². The smallest absolute Gasteiger partial charge is 0.276 e. The fourth-order valence-electron chi connectivity index (χ4n) is 1.61. The van der Waals surface area contributed by atoms with Gasteiger partial charge in [-0.2, -0.15) is 5.48 Å². The number of fused-ring (bicyclic) bond motifs is 1. The molecule has 1 amide bonds. The number of carbonyl (C=O) groups is 1. The number of hydrogen-bond donors (Lipinski definition) is 4. The maximum absolute atomic E-state index is 11.1. The lowest BCUT2D eigenvalue weighted by Crippen LogP contribution is -2.24. The number of aromatic hydroxyl groups is 1. The van der Waals surface area contributed by atoms with Gasteiger partial charge in [0.1, 0.15) is 0 Å². The van der Waals surface area contributed by atoms with Gasteiger partial charge in [-0.25, -0.2) is 0 Å². The van der Waals surface area contributed by atoms with Crippen LogP contribution in [0.3, 0.4) is 0 Å². The number of rotatable bonds is 4. The molecule has 4 N–H and O–H groups in total. The molecule has 0 saturated carbocycles. The Morgan fingerprint density at radius 3 is 2.94 bits per heavy atom. The van der Waals surface area contributed by atoms with Crippen molar-refractivity contribution in [1.29, 1.82) is 0 Å². The number of phenolic OH excluding ortho intramolecular Hbond substituents is 1. The number of aliphatic hydroxyl groups is 1. The molecule has 0 atom stereocenters. The van der Waals surface area contributed by atoms with Crippen molar-refractivity contribution in [2.75, 3.05) is 13.2 Å². The van der Waals surface area contributed by atoms with E-state index in [0.29, 0.717) is 24.2 Å². The molecular formula is C12H14N2O4. The fourth-order valence-corrected chi connectivity index (χ4v) is 1.61. The highest BCUT2D eigenvalue weighted by atomic mass is 16.7. The van der Waals surface area contributed by atoms with E-state index in [1.54, 1.807) is 18.2 Å². The van der Waals surface area contributed by atoms with Gasteiger partial charge in [0.05, 0.1) is 6.61 Å². The molecule has 0 radical (unpaired) electrons. The van der Waals surface area contributed by atoms with Gasteiger partial charge in [0.15, 0.2) is 5.75 Å². The minimum absolute atomic E-state index is 0.0233. The van der Waals surface area contributed by atoms with Crippen LogP contribution >= 0.6 is 0 Å². The second kappa shape index (κ2) is 5.52. The average molecular weight is 250 g/mol. The summed E-state index contributed by atoms with van der Waals surface area (Å²) < 4.78 is 0. The molecule has 1 aromatic carbocycles. The molecule has 0 unspecified atom stereocenters.